The molecule has 3 rings (SSSR count). The minimum Gasteiger partial charge on any atom is -0.365 e. The highest BCUT2D eigenvalue weighted by Gasteiger charge is 2.40. The van der Waals surface area contributed by atoms with Gasteiger partial charge in [-0.1, -0.05) is 42.1 Å². The third-order valence-corrected chi connectivity index (χ3v) is 5.14. The SMILES string of the molecule is N#CC(C(N)=O)=C1SC(Cc2ccc(F)cc2)C(=O)N1c1ccccc1. The molecule has 2 aromatic carbocycles. The fourth-order valence-electron chi connectivity index (χ4n) is 2.65. The van der Waals surface area contributed by atoms with Crippen LogP contribution in [0.3, 0.4) is 0 Å². The van der Waals surface area contributed by atoms with E-state index in [4.69, 9.17) is 5.73 Å². The van der Waals surface area contributed by atoms with Crippen molar-refractivity contribution in [3.8, 4) is 6.07 Å². The van der Waals surface area contributed by atoms with Gasteiger partial charge in [-0.05, 0) is 36.2 Å². The molecule has 1 heterocycles. The van der Waals surface area contributed by atoms with Crippen molar-refractivity contribution in [1.82, 2.24) is 0 Å². The smallest absolute Gasteiger partial charge is 0.262 e. The Balaban J connectivity index is 2.00. The van der Waals surface area contributed by atoms with Crippen LogP contribution in [-0.2, 0) is 16.0 Å². The van der Waals surface area contributed by atoms with Gasteiger partial charge >= 0.3 is 0 Å². The third kappa shape index (κ3) is 3.46. The molecule has 0 radical (unpaired) electrons. The summed E-state index contributed by atoms with van der Waals surface area (Å²) in [5.74, 6) is -1.49. The topological polar surface area (TPSA) is 87.2 Å². The maximum Gasteiger partial charge on any atom is 0.262 e. The second-order valence-electron chi connectivity index (χ2n) is 5.60. The van der Waals surface area contributed by atoms with Crippen LogP contribution in [0.15, 0.2) is 65.2 Å². The van der Waals surface area contributed by atoms with Crippen LogP contribution in [0.2, 0.25) is 0 Å². The zero-order valence-electron chi connectivity index (χ0n) is 13.6. The van der Waals surface area contributed by atoms with Gasteiger partial charge in [0.15, 0.2) is 0 Å². The van der Waals surface area contributed by atoms with E-state index < -0.39 is 11.2 Å². The molecule has 1 unspecified atom stereocenters. The molecule has 1 atom stereocenters. The normalized spacial score (nSPS) is 18.5. The number of hydrogen-bond donors (Lipinski definition) is 1. The average molecular weight is 367 g/mol. The van der Waals surface area contributed by atoms with E-state index in [0.29, 0.717) is 12.1 Å². The molecule has 1 aliphatic heterocycles. The van der Waals surface area contributed by atoms with Gasteiger partial charge in [-0.15, -0.1) is 0 Å². The number of carbonyl (C=O) groups is 2. The van der Waals surface area contributed by atoms with Crippen LogP contribution in [0.4, 0.5) is 10.1 Å². The van der Waals surface area contributed by atoms with Gasteiger partial charge in [-0.25, -0.2) is 4.39 Å². The lowest BCUT2D eigenvalue weighted by Gasteiger charge is -2.18. The molecule has 1 aliphatic rings. The van der Waals surface area contributed by atoms with Crippen LogP contribution < -0.4 is 10.6 Å². The van der Waals surface area contributed by atoms with Crippen molar-refractivity contribution in [2.45, 2.75) is 11.7 Å². The highest BCUT2D eigenvalue weighted by Crippen LogP contribution is 2.41. The summed E-state index contributed by atoms with van der Waals surface area (Å²) in [6.45, 7) is 0. The Kier molecular flexibility index (Phi) is 5.05. The zero-order chi connectivity index (χ0) is 18.7. The van der Waals surface area contributed by atoms with E-state index in [1.165, 1.54) is 17.0 Å². The van der Waals surface area contributed by atoms with Crippen molar-refractivity contribution in [2.24, 2.45) is 5.73 Å². The second-order valence-corrected chi connectivity index (χ2v) is 6.79. The molecule has 0 bridgehead atoms. The number of nitriles is 1. The van der Waals surface area contributed by atoms with Crippen LogP contribution in [0, 0.1) is 17.1 Å². The van der Waals surface area contributed by atoms with E-state index in [0.717, 1.165) is 17.3 Å². The lowest BCUT2D eigenvalue weighted by atomic mass is 10.1. The molecule has 0 aliphatic carbocycles. The van der Waals surface area contributed by atoms with Crippen LogP contribution in [-0.4, -0.2) is 17.1 Å². The summed E-state index contributed by atoms with van der Waals surface area (Å²) < 4.78 is 13.1. The van der Waals surface area contributed by atoms with Crippen LogP contribution in [0.5, 0.6) is 0 Å². The van der Waals surface area contributed by atoms with Crippen molar-refractivity contribution < 1.29 is 14.0 Å². The van der Waals surface area contributed by atoms with E-state index in [1.54, 1.807) is 48.5 Å². The van der Waals surface area contributed by atoms with E-state index in [-0.39, 0.29) is 22.3 Å². The maximum absolute atomic E-state index is 13.1. The summed E-state index contributed by atoms with van der Waals surface area (Å²) in [5.41, 5.74) is 6.39. The number of primary amides is 1. The van der Waals surface area contributed by atoms with Gasteiger partial charge in [0.1, 0.15) is 22.5 Å². The number of carbonyl (C=O) groups excluding carboxylic acids is 2. The summed E-state index contributed by atoms with van der Waals surface area (Å²) in [6.07, 6.45) is 0.341. The molecule has 7 heteroatoms. The Morgan fingerprint density at radius 3 is 2.42 bits per heavy atom. The van der Waals surface area contributed by atoms with Crippen molar-refractivity contribution in [1.29, 1.82) is 5.26 Å². The molecule has 0 aromatic heterocycles. The van der Waals surface area contributed by atoms with Crippen LogP contribution >= 0.6 is 11.8 Å². The Bertz CT molecular complexity index is 920. The number of benzene rings is 2. The highest BCUT2D eigenvalue weighted by molar-refractivity contribution is 8.05. The summed E-state index contributed by atoms with van der Waals surface area (Å²) in [4.78, 5) is 26.0. The quantitative estimate of drug-likeness (QED) is 0.665. The molecule has 0 spiro atoms. The van der Waals surface area contributed by atoms with E-state index in [9.17, 15) is 19.2 Å². The predicted octanol–water partition coefficient (Wildman–Crippen LogP) is 2.74. The molecular formula is C19H14FN3O2S. The van der Waals surface area contributed by atoms with Gasteiger partial charge in [0, 0.05) is 5.69 Å². The standard InChI is InChI=1S/C19H14FN3O2S/c20-13-8-6-12(7-9-13)10-16-18(25)23(14-4-2-1-3-5-14)19(26-16)15(11-21)17(22)24/h1-9,16H,10H2,(H2,22,24). The van der Waals surface area contributed by atoms with Gasteiger partial charge in [0.05, 0.1) is 5.25 Å². The first-order chi connectivity index (χ1) is 12.5. The highest BCUT2D eigenvalue weighted by atomic mass is 32.2. The first-order valence-corrected chi connectivity index (χ1v) is 8.63. The molecule has 0 saturated carbocycles. The summed E-state index contributed by atoms with van der Waals surface area (Å²) in [5, 5.41) is 8.99. The number of para-hydroxylation sites is 1. The van der Waals surface area contributed by atoms with E-state index in [2.05, 4.69) is 0 Å². The summed E-state index contributed by atoms with van der Waals surface area (Å²) in [6, 6.07) is 16.4. The molecule has 2 N–H and O–H groups in total. The largest absolute Gasteiger partial charge is 0.365 e. The molecule has 2 amide bonds. The first-order valence-electron chi connectivity index (χ1n) is 7.75. The first kappa shape index (κ1) is 17.7. The number of nitrogens with zero attached hydrogens (tertiary/aromatic N) is 2. The lowest BCUT2D eigenvalue weighted by Crippen LogP contribution is -2.30. The van der Waals surface area contributed by atoms with Crippen LogP contribution in [0.25, 0.3) is 0 Å². The molecule has 130 valence electrons. The number of rotatable bonds is 4. The Morgan fingerprint density at radius 2 is 1.85 bits per heavy atom. The molecule has 2 aromatic rings. The number of thioether (sulfide) groups is 1. The molecular weight excluding hydrogens is 353 g/mol. The van der Waals surface area contributed by atoms with E-state index in [1.807, 2.05) is 0 Å². The molecule has 1 saturated heterocycles. The average Bonchev–Trinajstić information content (AvgIpc) is 2.94. The Hall–Kier alpha value is -3.11. The number of hydrogen-bond acceptors (Lipinski definition) is 4. The summed E-state index contributed by atoms with van der Waals surface area (Å²) >= 11 is 1.12. The van der Waals surface area contributed by atoms with Crippen molar-refractivity contribution in [3.05, 3.63) is 76.6 Å². The molecule has 5 nitrogen and oxygen atoms in total. The van der Waals surface area contributed by atoms with Crippen molar-refractivity contribution >= 4 is 29.3 Å². The number of nitrogens with two attached hydrogens (primary N) is 1. The minimum atomic E-state index is -0.883. The van der Waals surface area contributed by atoms with Gasteiger partial charge in [0.2, 0.25) is 5.91 Å². The zero-order valence-corrected chi connectivity index (χ0v) is 14.4. The predicted molar refractivity (Wildman–Crippen MR) is 97.2 cm³/mol. The lowest BCUT2D eigenvalue weighted by molar-refractivity contribution is -0.117. The second kappa shape index (κ2) is 7.42. The Morgan fingerprint density at radius 1 is 1.19 bits per heavy atom. The third-order valence-electron chi connectivity index (χ3n) is 3.87. The monoisotopic (exact) mass is 367 g/mol. The number of anilines is 1. The number of halogens is 1. The van der Waals surface area contributed by atoms with Gasteiger partial charge in [-0.3, -0.25) is 14.5 Å². The van der Waals surface area contributed by atoms with Crippen LogP contribution in [0.1, 0.15) is 5.56 Å². The number of amides is 2. The van der Waals surface area contributed by atoms with Crippen molar-refractivity contribution in [3.63, 3.8) is 0 Å². The van der Waals surface area contributed by atoms with Gasteiger partial charge < -0.3 is 5.73 Å². The van der Waals surface area contributed by atoms with Crippen molar-refractivity contribution in [2.75, 3.05) is 4.90 Å². The fraction of sp³-hybridized carbons (Fsp3) is 0.105. The van der Waals surface area contributed by atoms with Gasteiger partial charge in [0.25, 0.3) is 5.91 Å². The molecule has 26 heavy (non-hydrogen) atoms. The maximum atomic E-state index is 13.1. The minimum absolute atomic E-state index is 0.225. The fourth-order valence-corrected chi connectivity index (χ4v) is 3.96. The summed E-state index contributed by atoms with van der Waals surface area (Å²) in [7, 11) is 0. The van der Waals surface area contributed by atoms with E-state index >= 15 is 0 Å². The molecule has 1 fully saturated rings. The van der Waals surface area contributed by atoms with Gasteiger partial charge in [-0.2, -0.15) is 5.26 Å². The Labute approximate surface area is 153 Å².